The number of hydrogen-bond acceptors (Lipinski definition) is 2. The summed E-state index contributed by atoms with van der Waals surface area (Å²) in [7, 11) is 0. The molecule has 0 aliphatic carbocycles. The van der Waals surface area contributed by atoms with Crippen molar-refractivity contribution in [1.29, 1.82) is 0 Å². The normalized spacial score (nSPS) is 9.85. The molecule has 13 heavy (non-hydrogen) atoms. The van der Waals surface area contributed by atoms with Gasteiger partial charge in [0.15, 0.2) is 12.4 Å². The van der Waals surface area contributed by atoms with E-state index in [2.05, 4.69) is 4.98 Å². The van der Waals surface area contributed by atoms with E-state index in [-0.39, 0.29) is 0 Å². The van der Waals surface area contributed by atoms with Crippen LogP contribution in [0.4, 0.5) is 0 Å². The zero-order valence-electron chi connectivity index (χ0n) is 6.92. The van der Waals surface area contributed by atoms with Crippen LogP contribution in [0.5, 0.6) is 0 Å². The van der Waals surface area contributed by atoms with Crippen molar-refractivity contribution >= 4 is 0 Å². The average Bonchev–Trinajstić information content (AvgIpc) is 2.20. The second kappa shape index (κ2) is 3.23. The molecule has 0 bridgehead atoms. The maximum atomic E-state index is 10.8. The van der Waals surface area contributed by atoms with Crippen LogP contribution in [0.1, 0.15) is 0 Å². The lowest BCUT2D eigenvalue weighted by molar-refractivity contribution is -0.605. The highest BCUT2D eigenvalue weighted by Crippen LogP contribution is 2.15. The van der Waals surface area contributed by atoms with Crippen molar-refractivity contribution in [2.45, 2.75) is 0 Å². The van der Waals surface area contributed by atoms with Crippen molar-refractivity contribution in [2.24, 2.45) is 0 Å². The van der Waals surface area contributed by atoms with Crippen LogP contribution in [0.15, 0.2) is 49.1 Å². The van der Waals surface area contributed by atoms with Gasteiger partial charge in [0, 0.05) is 24.5 Å². The Hall–Kier alpha value is -1.90. The van der Waals surface area contributed by atoms with Gasteiger partial charge in [-0.15, -0.1) is 0 Å². The Labute approximate surface area is 75.9 Å². The predicted molar refractivity (Wildman–Crippen MR) is 48.6 cm³/mol. The molecule has 0 spiro atoms. The van der Waals surface area contributed by atoms with E-state index in [1.807, 2.05) is 12.1 Å². The first-order valence-electron chi connectivity index (χ1n) is 3.95. The number of nitrogens with zero attached hydrogens (tertiary/aromatic N) is 2. The zero-order chi connectivity index (χ0) is 9.10. The summed E-state index contributed by atoms with van der Waals surface area (Å²) in [5, 5.41) is 10.8. The first kappa shape index (κ1) is 7.73. The molecule has 3 heteroatoms. The topological polar surface area (TPSA) is 39.8 Å². The van der Waals surface area contributed by atoms with Gasteiger partial charge in [0.25, 0.3) is 0 Å². The van der Waals surface area contributed by atoms with E-state index in [9.17, 15) is 5.21 Å². The third-order valence-electron chi connectivity index (χ3n) is 1.82. The van der Waals surface area contributed by atoms with E-state index in [0.717, 1.165) is 15.9 Å². The fraction of sp³-hybridized carbons (Fsp3) is 0. The van der Waals surface area contributed by atoms with Crippen LogP contribution in [-0.2, 0) is 0 Å². The van der Waals surface area contributed by atoms with Crippen LogP contribution in [0, 0.1) is 5.21 Å². The number of rotatable bonds is 1. The van der Waals surface area contributed by atoms with Gasteiger partial charge in [0.2, 0.25) is 0 Å². The maximum Gasteiger partial charge on any atom is 0.180 e. The minimum Gasteiger partial charge on any atom is -0.619 e. The van der Waals surface area contributed by atoms with Gasteiger partial charge >= 0.3 is 0 Å². The summed E-state index contributed by atoms with van der Waals surface area (Å²) in [6.07, 6.45) is 6.42. The molecule has 3 nitrogen and oxygen atoms in total. The third-order valence-corrected chi connectivity index (χ3v) is 1.82. The predicted octanol–water partition coefficient (Wildman–Crippen LogP) is 1.38. The zero-order valence-corrected chi connectivity index (χ0v) is 6.92. The minimum absolute atomic E-state index is 0.769. The molecule has 0 radical (unpaired) electrons. The third kappa shape index (κ3) is 1.64. The molecular weight excluding hydrogens is 164 g/mol. The molecular formula is C10H8N2O. The van der Waals surface area contributed by atoms with E-state index in [0.29, 0.717) is 0 Å². The second-order valence-corrected chi connectivity index (χ2v) is 2.68. The minimum atomic E-state index is 0.769. The first-order valence-corrected chi connectivity index (χ1v) is 3.95. The molecule has 64 valence electrons. The molecule has 0 unspecified atom stereocenters. The Balaban J connectivity index is 2.42. The molecule has 0 saturated carbocycles. The molecule has 0 atom stereocenters. The Kier molecular flexibility index (Phi) is 1.92. The summed E-state index contributed by atoms with van der Waals surface area (Å²) < 4.78 is 0.769. The lowest BCUT2D eigenvalue weighted by Crippen LogP contribution is -2.23. The van der Waals surface area contributed by atoms with Gasteiger partial charge in [-0.3, -0.25) is 4.98 Å². The van der Waals surface area contributed by atoms with Gasteiger partial charge in [0.05, 0.1) is 0 Å². The molecule has 2 heterocycles. The fourth-order valence-electron chi connectivity index (χ4n) is 1.15. The van der Waals surface area contributed by atoms with E-state index in [4.69, 9.17) is 0 Å². The van der Waals surface area contributed by atoms with Crippen LogP contribution in [0.3, 0.4) is 0 Å². The van der Waals surface area contributed by atoms with Crippen LogP contribution in [0.2, 0.25) is 0 Å². The van der Waals surface area contributed by atoms with Crippen molar-refractivity contribution in [1.82, 2.24) is 4.98 Å². The Morgan fingerprint density at radius 2 is 1.46 bits per heavy atom. The van der Waals surface area contributed by atoms with Gasteiger partial charge in [-0.2, -0.15) is 4.73 Å². The van der Waals surface area contributed by atoms with Gasteiger partial charge in [0.1, 0.15) is 0 Å². The van der Waals surface area contributed by atoms with Crippen molar-refractivity contribution in [3.05, 3.63) is 54.3 Å². The summed E-state index contributed by atoms with van der Waals surface area (Å²) >= 11 is 0. The van der Waals surface area contributed by atoms with Crippen LogP contribution < -0.4 is 4.73 Å². The highest BCUT2D eigenvalue weighted by Gasteiger charge is 1.96. The molecule has 0 aliphatic rings. The Bertz CT molecular complexity index is 383. The molecule has 0 aliphatic heterocycles. The molecule has 2 rings (SSSR count). The average molecular weight is 172 g/mol. The van der Waals surface area contributed by atoms with E-state index in [1.54, 1.807) is 24.5 Å². The first-order chi connectivity index (χ1) is 6.36. The smallest absolute Gasteiger partial charge is 0.180 e. The number of aromatic nitrogens is 2. The van der Waals surface area contributed by atoms with Crippen molar-refractivity contribution in [2.75, 3.05) is 0 Å². The molecule has 2 aromatic heterocycles. The summed E-state index contributed by atoms with van der Waals surface area (Å²) in [5.74, 6) is 0. The summed E-state index contributed by atoms with van der Waals surface area (Å²) in [6, 6.07) is 7.37. The summed E-state index contributed by atoms with van der Waals surface area (Å²) in [5.41, 5.74) is 2.09. The molecule has 0 N–H and O–H groups in total. The molecule has 0 saturated heterocycles. The van der Waals surface area contributed by atoms with Crippen molar-refractivity contribution in [3.8, 4) is 11.1 Å². The van der Waals surface area contributed by atoms with E-state index >= 15 is 0 Å². The highest BCUT2D eigenvalue weighted by molar-refractivity contribution is 5.61. The standard InChI is InChI=1S/C10H8N2O/c13-12-7-3-10(4-8-12)9-1-5-11-6-2-9/h1-8H. The SMILES string of the molecule is [O-][n+]1ccc(-c2ccncc2)cc1. The highest BCUT2D eigenvalue weighted by atomic mass is 16.5. The van der Waals surface area contributed by atoms with Crippen LogP contribution in [-0.4, -0.2) is 4.98 Å². The van der Waals surface area contributed by atoms with Gasteiger partial charge in [-0.05, 0) is 23.3 Å². The van der Waals surface area contributed by atoms with Gasteiger partial charge in [-0.1, -0.05) is 0 Å². The lowest BCUT2D eigenvalue weighted by atomic mass is 10.1. The fourth-order valence-corrected chi connectivity index (χ4v) is 1.15. The summed E-state index contributed by atoms with van der Waals surface area (Å²) in [6.45, 7) is 0. The number of pyridine rings is 2. The van der Waals surface area contributed by atoms with Gasteiger partial charge < -0.3 is 5.21 Å². The second-order valence-electron chi connectivity index (χ2n) is 2.68. The maximum absolute atomic E-state index is 10.8. The number of hydrogen-bond donors (Lipinski definition) is 0. The Morgan fingerprint density at radius 3 is 2.08 bits per heavy atom. The summed E-state index contributed by atoms with van der Waals surface area (Å²) in [4.78, 5) is 3.92. The molecule has 0 aromatic carbocycles. The molecule has 2 aromatic rings. The monoisotopic (exact) mass is 172 g/mol. The van der Waals surface area contributed by atoms with Crippen molar-refractivity contribution in [3.63, 3.8) is 0 Å². The van der Waals surface area contributed by atoms with Gasteiger partial charge in [-0.25, -0.2) is 0 Å². The van der Waals surface area contributed by atoms with Crippen LogP contribution in [0.25, 0.3) is 11.1 Å². The van der Waals surface area contributed by atoms with E-state index < -0.39 is 0 Å². The van der Waals surface area contributed by atoms with E-state index in [1.165, 1.54) is 12.4 Å². The lowest BCUT2D eigenvalue weighted by Gasteiger charge is -1.99. The van der Waals surface area contributed by atoms with Crippen LogP contribution >= 0.6 is 0 Å². The largest absolute Gasteiger partial charge is 0.619 e. The molecule has 0 amide bonds. The van der Waals surface area contributed by atoms with Crippen molar-refractivity contribution < 1.29 is 4.73 Å². The quantitative estimate of drug-likeness (QED) is 0.481. The molecule has 0 fully saturated rings. The Morgan fingerprint density at radius 1 is 0.923 bits per heavy atom.